The molecule has 1 amide bonds. The third-order valence-corrected chi connectivity index (χ3v) is 4.20. The van der Waals surface area contributed by atoms with Gasteiger partial charge in [-0.3, -0.25) is 14.6 Å². The molecular weight excluding hydrogens is 396 g/mol. The lowest BCUT2D eigenvalue weighted by atomic mass is 10.3. The summed E-state index contributed by atoms with van der Waals surface area (Å²) in [6.45, 7) is -0.304. The average molecular weight is 409 g/mol. The fourth-order valence-corrected chi connectivity index (χ4v) is 2.69. The molecule has 0 fully saturated rings. The number of halogens is 1. The molecule has 144 valence electrons. The number of rotatable bonds is 5. The van der Waals surface area contributed by atoms with Gasteiger partial charge in [0.15, 0.2) is 0 Å². The van der Waals surface area contributed by atoms with Crippen LogP contribution in [0.25, 0.3) is 23.0 Å². The number of nitrogens with one attached hydrogen (secondary N) is 1. The van der Waals surface area contributed by atoms with Gasteiger partial charge in [-0.1, -0.05) is 28.9 Å². The molecule has 0 radical (unpaired) electrons. The van der Waals surface area contributed by atoms with Gasteiger partial charge in [-0.05, 0) is 30.3 Å². The molecule has 0 saturated heterocycles. The molecule has 0 bridgehead atoms. The molecule has 1 N–H and O–H groups in total. The van der Waals surface area contributed by atoms with E-state index < -0.39 is 11.5 Å². The first-order chi connectivity index (χ1) is 14.1. The van der Waals surface area contributed by atoms with Gasteiger partial charge in [0, 0.05) is 24.0 Å². The Morgan fingerprint density at radius 2 is 2.00 bits per heavy atom. The van der Waals surface area contributed by atoms with Crippen LogP contribution in [0.2, 0.25) is 5.02 Å². The molecule has 0 atom stereocenters. The van der Waals surface area contributed by atoms with Gasteiger partial charge < -0.3 is 9.84 Å². The SMILES string of the molecule is O=C(Cn1nc(-c2nc(-c3cccnc3)no2)ccc1=O)Nc1ccccc1Cl. The van der Waals surface area contributed by atoms with Crippen molar-refractivity contribution >= 4 is 23.2 Å². The van der Waals surface area contributed by atoms with Gasteiger partial charge in [0.2, 0.25) is 11.7 Å². The molecule has 0 spiro atoms. The van der Waals surface area contributed by atoms with Gasteiger partial charge in [-0.15, -0.1) is 0 Å². The average Bonchev–Trinajstić information content (AvgIpc) is 3.22. The normalized spacial score (nSPS) is 10.7. The largest absolute Gasteiger partial charge is 0.332 e. The maximum absolute atomic E-state index is 12.3. The van der Waals surface area contributed by atoms with E-state index >= 15 is 0 Å². The maximum Gasteiger partial charge on any atom is 0.278 e. The van der Waals surface area contributed by atoms with E-state index in [1.54, 1.807) is 48.8 Å². The van der Waals surface area contributed by atoms with Crippen LogP contribution in [0.4, 0.5) is 5.69 Å². The topological polar surface area (TPSA) is 116 Å². The summed E-state index contributed by atoms with van der Waals surface area (Å²) in [5.74, 6) is -0.000319. The molecule has 0 aliphatic heterocycles. The predicted molar refractivity (Wildman–Crippen MR) is 105 cm³/mol. The van der Waals surface area contributed by atoms with Gasteiger partial charge in [-0.2, -0.15) is 10.1 Å². The summed E-state index contributed by atoms with van der Waals surface area (Å²) in [4.78, 5) is 32.7. The van der Waals surface area contributed by atoms with Crippen molar-refractivity contribution in [2.45, 2.75) is 6.54 Å². The zero-order valence-electron chi connectivity index (χ0n) is 14.8. The summed E-state index contributed by atoms with van der Waals surface area (Å²) >= 11 is 6.03. The number of amides is 1. The molecule has 29 heavy (non-hydrogen) atoms. The molecular formula is C19H13ClN6O3. The lowest BCUT2D eigenvalue weighted by molar-refractivity contribution is -0.117. The van der Waals surface area contributed by atoms with Crippen molar-refractivity contribution in [1.82, 2.24) is 24.9 Å². The van der Waals surface area contributed by atoms with Crippen LogP contribution in [0.1, 0.15) is 0 Å². The molecule has 0 saturated carbocycles. The van der Waals surface area contributed by atoms with Crippen LogP contribution in [0.15, 0.2) is 70.2 Å². The predicted octanol–water partition coefficient (Wildman–Crippen LogP) is 2.65. The van der Waals surface area contributed by atoms with Crippen molar-refractivity contribution < 1.29 is 9.32 Å². The number of nitrogens with zero attached hydrogens (tertiary/aromatic N) is 5. The number of pyridine rings is 1. The Hall–Kier alpha value is -3.85. The standard InChI is InChI=1S/C19H13ClN6O3/c20-13-5-1-2-6-14(13)22-16(27)11-26-17(28)8-7-15(24-26)19-23-18(25-29-19)12-4-3-9-21-10-12/h1-10H,11H2,(H,22,27). The lowest BCUT2D eigenvalue weighted by Gasteiger charge is -2.08. The number of hydrogen-bond donors (Lipinski definition) is 1. The number of carbonyl (C=O) groups excluding carboxylic acids is 1. The summed E-state index contributed by atoms with van der Waals surface area (Å²) in [7, 11) is 0. The molecule has 10 heteroatoms. The van der Waals surface area contributed by atoms with Gasteiger partial charge in [0.05, 0.1) is 10.7 Å². The molecule has 4 rings (SSSR count). The quantitative estimate of drug-likeness (QED) is 0.539. The molecule has 3 aromatic heterocycles. The molecule has 9 nitrogen and oxygen atoms in total. The number of aromatic nitrogens is 5. The minimum atomic E-state index is -0.452. The third kappa shape index (κ3) is 4.19. The van der Waals surface area contributed by atoms with E-state index in [0.717, 1.165) is 4.68 Å². The van der Waals surface area contributed by atoms with Crippen LogP contribution in [0.5, 0.6) is 0 Å². The van der Waals surface area contributed by atoms with Crippen molar-refractivity contribution in [2.24, 2.45) is 0 Å². The van der Waals surface area contributed by atoms with E-state index in [9.17, 15) is 9.59 Å². The second kappa shape index (κ2) is 8.03. The number of benzene rings is 1. The number of anilines is 1. The van der Waals surface area contributed by atoms with E-state index in [-0.39, 0.29) is 18.1 Å². The van der Waals surface area contributed by atoms with Crippen LogP contribution in [0, 0.1) is 0 Å². The van der Waals surface area contributed by atoms with E-state index in [1.807, 2.05) is 0 Å². The van der Waals surface area contributed by atoms with Crippen molar-refractivity contribution in [3.63, 3.8) is 0 Å². The highest BCUT2D eigenvalue weighted by atomic mass is 35.5. The van der Waals surface area contributed by atoms with Crippen LogP contribution in [-0.2, 0) is 11.3 Å². The summed E-state index contributed by atoms with van der Waals surface area (Å²) in [5.41, 5.74) is 0.934. The first-order valence-corrected chi connectivity index (χ1v) is 8.85. The fourth-order valence-electron chi connectivity index (χ4n) is 2.50. The molecule has 4 aromatic rings. The van der Waals surface area contributed by atoms with Gasteiger partial charge >= 0.3 is 0 Å². The Kier molecular flexibility index (Phi) is 5.12. The molecule has 0 aliphatic carbocycles. The summed E-state index contributed by atoms with van der Waals surface area (Å²) < 4.78 is 6.24. The minimum absolute atomic E-state index is 0.115. The summed E-state index contributed by atoms with van der Waals surface area (Å²) in [6, 6.07) is 13.1. The van der Waals surface area contributed by atoms with Crippen molar-refractivity contribution in [3.8, 4) is 23.0 Å². The molecule has 1 aromatic carbocycles. The smallest absolute Gasteiger partial charge is 0.278 e. The van der Waals surface area contributed by atoms with E-state index in [4.69, 9.17) is 16.1 Å². The highest BCUT2D eigenvalue weighted by molar-refractivity contribution is 6.33. The Morgan fingerprint density at radius 3 is 2.79 bits per heavy atom. The van der Waals surface area contributed by atoms with Crippen molar-refractivity contribution in [1.29, 1.82) is 0 Å². The zero-order valence-corrected chi connectivity index (χ0v) is 15.6. The van der Waals surface area contributed by atoms with Crippen LogP contribution < -0.4 is 10.9 Å². The van der Waals surface area contributed by atoms with Crippen molar-refractivity contribution in [3.05, 3.63) is 76.3 Å². The third-order valence-electron chi connectivity index (χ3n) is 3.87. The number of hydrogen-bond acceptors (Lipinski definition) is 7. The summed E-state index contributed by atoms with van der Waals surface area (Å²) in [5, 5.41) is 11.1. The Balaban J connectivity index is 1.55. The molecule has 3 heterocycles. The number of carbonyl (C=O) groups is 1. The van der Waals surface area contributed by atoms with E-state index in [0.29, 0.717) is 22.1 Å². The van der Waals surface area contributed by atoms with Crippen LogP contribution in [0.3, 0.4) is 0 Å². The Bertz CT molecular complexity index is 1220. The highest BCUT2D eigenvalue weighted by Crippen LogP contribution is 2.21. The maximum atomic E-state index is 12.3. The minimum Gasteiger partial charge on any atom is -0.332 e. The van der Waals surface area contributed by atoms with Crippen molar-refractivity contribution in [2.75, 3.05) is 5.32 Å². The lowest BCUT2D eigenvalue weighted by Crippen LogP contribution is -2.29. The van der Waals surface area contributed by atoms with Crippen LogP contribution >= 0.6 is 11.6 Å². The summed E-state index contributed by atoms with van der Waals surface area (Å²) in [6.07, 6.45) is 3.23. The first-order valence-electron chi connectivity index (χ1n) is 8.47. The van der Waals surface area contributed by atoms with Gasteiger partial charge in [0.25, 0.3) is 11.4 Å². The molecule has 0 aliphatic rings. The Morgan fingerprint density at radius 1 is 1.14 bits per heavy atom. The van der Waals surface area contributed by atoms with E-state index in [1.165, 1.54) is 12.1 Å². The Labute approximate surface area is 169 Å². The number of para-hydroxylation sites is 1. The fraction of sp³-hybridized carbons (Fsp3) is 0.0526. The monoisotopic (exact) mass is 408 g/mol. The second-order valence-corrected chi connectivity index (χ2v) is 6.31. The zero-order chi connectivity index (χ0) is 20.2. The first kappa shape index (κ1) is 18.5. The van der Waals surface area contributed by atoms with Gasteiger partial charge in [0.1, 0.15) is 12.2 Å². The molecule has 0 unspecified atom stereocenters. The highest BCUT2D eigenvalue weighted by Gasteiger charge is 2.15. The van der Waals surface area contributed by atoms with Gasteiger partial charge in [-0.25, -0.2) is 4.68 Å². The van der Waals surface area contributed by atoms with Crippen LogP contribution in [-0.4, -0.2) is 30.8 Å². The van der Waals surface area contributed by atoms with E-state index in [2.05, 4.69) is 25.5 Å². The second-order valence-electron chi connectivity index (χ2n) is 5.91.